The highest BCUT2D eigenvalue weighted by molar-refractivity contribution is 9.10. The lowest BCUT2D eigenvalue weighted by molar-refractivity contribution is -0.148. The van der Waals surface area contributed by atoms with Crippen molar-refractivity contribution in [2.75, 3.05) is 0 Å². The van der Waals surface area contributed by atoms with Crippen LogP contribution in [0.15, 0.2) is 53.0 Å². The van der Waals surface area contributed by atoms with Crippen LogP contribution in [0.3, 0.4) is 0 Å². The first-order chi connectivity index (χ1) is 12.5. The van der Waals surface area contributed by atoms with E-state index in [1.54, 1.807) is 0 Å². The molecule has 0 saturated carbocycles. The average Bonchev–Trinajstić information content (AvgIpc) is 3.17. The number of nitrogens with one attached hydrogen (secondary N) is 2. The zero-order chi connectivity index (χ0) is 18.3. The molecule has 1 heterocycles. The molecule has 1 aliphatic rings. The van der Waals surface area contributed by atoms with Gasteiger partial charge in [-0.2, -0.15) is 0 Å². The highest BCUT2D eigenvalue weighted by Crippen LogP contribution is 2.33. The van der Waals surface area contributed by atoms with Crippen LogP contribution in [0.2, 0.25) is 0 Å². The van der Waals surface area contributed by atoms with Crippen molar-refractivity contribution >= 4 is 32.8 Å². The number of hydrogen-bond donors (Lipinski definition) is 4. The number of carboxylic acid groups (broad SMARTS) is 1. The van der Waals surface area contributed by atoms with E-state index >= 15 is 0 Å². The van der Waals surface area contributed by atoms with Gasteiger partial charge >= 0.3 is 5.97 Å². The Morgan fingerprint density at radius 3 is 2.69 bits per heavy atom. The van der Waals surface area contributed by atoms with Crippen molar-refractivity contribution in [3.8, 4) is 0 Å². The van der Waals surface area contributed by atoms with Crippen LogP contribution in [0.5, 0.6) is 0 Å². The molecule has 3 unspecified atom stereocenters. The first-order valence-corrected chi connectivity index (χ1v) is 9.33. The van der Waals surface area contributed by atoms with Crippen molar-refractivity contribution in [3.63, 3.8) is 0 Å². The SMILES string of the molecule is O=C(O)C(O)C(NC1Cc2[nH]c3ccc(Br)cc3c2C1)c1ccccc1. The predicted octanol–water partition coefficient (Wildman–Crippen LogP) is 3.17. The fourth-order valence-corrected chi connectivity index (χ4v) is 4.15. The van der Waals surface area contributed by atoms with Gasteiger partial charge in [-0.05, 0) is 35.7 Å². The minimum Gasteiger partial charge on any atom is -0.479 e. The number of hydrogen-bond acceptors (Lipinski definition) is 3. The summed E-state index contributed by atoms with van der Waals surface area (Å²) in [7, 11) is 0. The molecule has 0 bridgehead atoms. The van der Waals surface area contributed by atoms with Gasteiger partial charge in [0.25, 0.3) is 0 Å². The third kappa shape index (κ3) is 3.16. The number of aliphatic hydroxyl groups is 1. The van der Waals surface area contributed by atoms with E-state index in [2.05, 4.69) is 38.4 Å². The van der Waals surface area contributed by atoms with E-state index in [9.17, 15) is 15.0 Å². The third-order valence-electron chi connectivity index (χ3n) is 5.00. The van der Waals surface area contributed by atoms with E-state index in [0.717, 1.165) is 28.4 Å². The van der Waals surface area contributed by atoms with Crippen molar-refractivity contribution in [1.82, 2.24) is 10.3 Å². The molecule has 5 nitrogen and oxygen atoms in total. The topological polar surface area (TPSA) is 85.3 Å². The minimum absolute atomic E-state index is 0.0684. The standard InChI is InChI=1S/C20H19BrN2O3/c21-12-6-7-16-14(8-12)15-9-13(10-17(15)23-16)22-18(19(24)20(25)26)11-4-2-1-3-5-11/h1-8,13,18-19,22-24H,9-10H2,(H,25,26). The number of benzene rings is 2. The summed E-state index contributed by atoms with van der Waals surface area (Å²) in [5.74, 6) is -1.22. The van der Waals surface area contributed by atoms with E-state index in [1.165, 1.54) is 16.6 Å². The molecular weight excluding hydrogens is 396 g/mol. The van der Waals surface area contributed by atoms with Gasteiger partial charge in [-0.25, -0.2) is 4.79 Å². The molecule has 4 rings (SSSR count). The van der Waals surface area contributed by atoms with Gasteiger partial charge in [0.1, 0.15) is 0 Å². The van der Waals surface area contributed by atoms with Gasteiger partial charge in [-0.3, -0.25) is 0 Å². The number of carboxylic acids is 1. The predicted molar refractivity (Wildman–Crippen MR) is 103 cm³/mol. The Morgan fingerprint density at radius 2 is 1.96 bits per heavy atom. The van der Waals surface area contributed by atoms with Crippen molar-refractivity contribution in [1.29, 1.82) is 0 Å². The Balaban J connectivity index is 1.59. The molecule has 2 aromatic carbocycles. The van der Waals surface area contributed by atoms with Crippen molar-refractivity contribution in [3.05, 3.63) is 69.8 Å². The quantitative estimate of drug-likeness (QED) is 0.516. The highest BCUT2D eigenvalue weighted by atomic mass is 79.9. The van der Waals surface area contributed by atoms with E-state index in [1.807, 2.05) is 36.4 Å². The Hall–Kier alpha value is -2.15. The molecule has 134 valence electrons. The zero-order valence-corrected chi connectivity index (χ0v) is 15.5. The zero-order valence-electron chi connectivity index (χ0n) is 13.9. The third-order valence-corrected chi connectivity index (χ3v) is 5.49. The second kappa shape index (κ2) is 6.87. The smallest absolute Gasteiger partial charge is 0.334 e. The van der Waals surface area contributed by atoms with E-state index in [-0.39, 0.29) is 6.04 Å². The number of aliphatic hydroxyl groups excluding tert-OH is 1. The van der Waals surface area contributed by atoms with Crippen LogP contribution in [0, 0.1) is 0 Å². The lowest BCUT2D eigenvalue weighted by atomic mass is 9.99. The van der Waals surface area contributed by atoms with Gasteiger partial charge in [-0.1, -0.05) is 46.3 Å². The molecule has 3 aromatic rings. The molecule has 6 heteroatoms. The fourth-order valence-electron chi connectivity index (χ4n) is 3.79. The molecule has 0 spiro atoms. The van der Waals surface area contributed by atoms with Gasteiger partial charge in [0.15, 0.2) is 6.10 Å². The van der Waals surface area contributed by atoms with Gasteiger partial charge in [-0.15, -0.1) is 0 Å². The summed E-state index contributed by atoms with van der Waals surface area (Å²) in [6.45, 7) is 0. The molecule has 0 aliphatic heterocycles. The number of carbonyl (C=O) groups is 1. The van der Waals surface area contributed by atoms with Gasteiger partial charge < -0.3 is 20.5 Å². The van der Waals surface area contributed by atoms with Crippen LogP contribution in [-0.4, -0.2) is 33.3 Å². The average molecular weight is 415 g/mol. The van der Waals surface area contributed by atoms with E-state index < -0.39 is 18.1 Å². The minimum atomic E-state index is -1.50. The Kier molecular flexibility index (Phi) is 4.56. The van der Waals surface area contributed by atoms with Gasteiger partial charge in [0.05, 0.1) is 6.04 Å². The van der Waals surface area contributed by atoms with Crippen LogP contribution in [0.25, 0.3) is 10.9 Å². The summed E-state index contributed by atoms with van der Waals surface area (Å²) in [5.41, 5.74) is 4.31. The number of halogens is 1. The molecule has 1 aliphatic carbocycles. The Bertz CT molecular complexity index is 954. The highest BCUT2D eigenvalue weighted by Gasteiger charge is 2.32. The number of aromatic nitrogens is 1. The van der Waals surface area contributed by atoms with E-state index in [4.69, 9.17) is 0 Å². The maximum atomic E-state index is 11.4. The molecular formula is C20H19BrN2O3. The molecule has 0 saturated heterocycles. The summed E-state index contributed by atoms with van der Waals surface area (Å²) >= 11 is 3.52. The van der Waals surface area contributed by atoms with Crippen molar-refractivity contribution < 1.29 is 15.0 Å². The monoisotopic (exact) mass is 414 g/mol. The fraction of sp³-hybridized carbons (Fsp3) is 0.250. The first-order valence-electron chi connectivity index (χ1n) is 8.54. The van der Waals surface area contributed by atoms with Crippen molar-refractivity contribution in [2.45, 2.75) is 31.0 Å². The number of rotatable bonds is 5. The first kappa shape index (κ1) is 17.3. The molecule has 0 fully saturated rings. The summed E-state index contributed by atoms with van der Waals surface area (Å²) in [6, 6.07) is 14.8. The lowest BCUT2D eigenvalue weighted by Gasteiger charge is -2.25. The number of aromatic amines is 1. The number of H-pyrrole nitrogens is 1. The van der Waals surface area contributed by atoms with Gasteiger partial charge in [0, 0.05) is 33.5 Å². The number of aliphatic carboxylic acids is 1. The Morgan fingerprint density at radius 1 is 1.19 bits per heavy atom. The molecule has 1 aromatic heterocycles. The van der Waals surface area contributed by atoms with Crippen LogP contribution >= 0.6 is 15.9 Å². The largest absolute Gasteiger partial charge is 0.479 e. The maximum absolute atomic E-state index is 11.4. The van der Waals surface area contributed by atoms with Gasteiger partial charge in [0.2, 0.25) is 0 Å². The molecule has 26 heavy (non-hydrogen) atoms. The summed E-state index contributed by atoms with van der Waals surface area (Å²) in [5, 5.41) is 24.0. The van der Waals surface area contributed by atoms with E-state index in [0.29, 0.717) is 0 Å². The normalized spacial score (nSPS) is 18.6. The molecule has 3 atom stereocenters. The lowest BCUT2D eigenvalue weighted by Crippen LogP contribution is -2.42. The summed E-state index contributed by atoms with van der Waals surface area (Å²) in [4.78, 5) is 14.8. The summed E-state index contributed by atoms with van der Waals surface area (Å²) < 4.78 is 1.03. The Labute approximate surface area is 159 Å². The van der Waals surface area contributed by atoms with Crippen molar-refractivity contribution in [2.24, 2.45) is 0 Å². The molecule has 4 N–H and O–H groups in total. The molecule has 0 amide bonds. The van der Waals surface area contributed by atoms with Crippen LogP contribution in [0.4, 0.5) is 0 Å². The van der Waals surface area contributed by atoms with Crippen LogP contribution in [0.1, 0.15) is 22.9 Å². The second-order valence-electron chi connectivity index (χ2n) is 6.72. The maximum Gasteiger partial charge on any atom is 0.334 e. The van der Waals surface area contributed by atoms with Crippen LogP contribution in [-0.2, 0) is 17.6 Å². The van der Waals surface area contributed by atoms with Crippen LogP contribution < -0.4 is 5.32 Å². The summed E-state index contributed by atoms with van der Waals surface area (Å²) in [6.07, 6.45) is 0.0703. The second-order valence-corrected chi connectivity index (χ2v) is 7.63. The number of fused-ring (bicyclic) bond motifs is 3. The molecule has 0 radical (unpaired) electrons.